The average molecular weight is 286 g/mol. The molecule has 0 aliphatic carbocycles. The zero-order valence-electron chi connectivity index (χ0n) is 13.6. The third-order valence-corrected chi connectivity index (χ3v) is 3.71. The van der Waals surface area contributed by atoms with Crippen LogP contribution in [-0.4, -0.2) is 31.1 Å². The fourth-order valence-corrected chi connectivity index (χ4v) is 2.60. The van der Waals surface area contributed by atoms with E-state index in [4.69, 9.17) is 0 Å². The zero-order valence-corrected chi connectivity index (χ0v) is 13.6. The molecule has 0 aromatic heterocycles. The van der Waals surface area contributed by atoms with Crippen molar-refractivity contribution in [2.75, 3.05) is 26.2 Å². The van der Waals surface area contributed by atoms with Crippen LogP contribution in [0.1, 0.15) is 36.9 Å². The van der Waals surface area contributed by atoms with E-state index >= 15 is 0 Å². The highest BCUT2D eigenvalue weighted by Gasteiger charge is 2.14. The summed E-state index contributed by atoms with van der Waals surface area (Å²) in [5.74, 6) is 0. The first kappa shape index (κ1) is 17.7. The van der Waals surface area contributed by atoms with Crippen molar-refractivity contribution in [1.29, 1.82) is 0 Å². The Hall–Kier alpha value is -1.38. The Kier molecular flexibility index (Phi) is 8.72. The van der Waals surface area contributed by atoms with Crippen LogP contribution in [0.25, 0.3) is 0 Å². The minimum Gasteiger partial charge on any atom is -0.310 e. The SMILES string of the molecule is C=CCN(CC=C)CCC(NCCC)c1ccccc1C. The zero-order chi connectivity index (χ0) is 15.5. The summed E-state index contributed by atoms with van der Waals surface area (Å²) in [6, 6.07) is 9.10. The first-order valence-electron chi connectivity index (χ1n) is 7.96. The van der Waals surface area contributed by atoms with Crippen LogP contribution in [0, 0.1) is 6.92 Å². The molecule has 21 heavy (non-hydrogen) atoms. The molecule has 0 aliphatic rings. The largest absolute Gasteiger partial charge is 0.310 e. The molecule has 1 rings (SSSR count). The van der Waals surface area contributed by atoms with Crippen LogP contribution >= 0.6 is 0 Å². The smallest absolute Gasteiger partial charge is 0.0335 e. The molecule has 0 saturated carbocycles. The van der Waals surface area contributed by atoms with Gasteiger partial charge in [-0.1, -0.05) is 43.3 Å². The van der Waals surface area contributed by atoms with Crippen LogP contribution in [0.2, 0.25) is 0 Å². The van der Waals surface area contributed by atoms with Gasteiger partial charge in [-0.25, -0.2) is 0 Å². The van der Waals surface area contributed by atoms with Crippen molar-refractivity contribution in [3.05, 3.63) is 60.7 Å². The molecule has 1 aromatic carbocycles. The van der Waals surface area contributed by atoms with Crippen LogP contribution < -0.4 is 5.32 Å². The second-order valence-corrected chi connectivity index (χ2v) is 5.49. The summed E-state index contributed by atoms with van der Waals surface area (Å²) in [7, 11) is 0. The quantitative estimate of drug-likeness (QED) is 0.616. The Bertz CT molecular complexity index is 415. The number of aryl methyl sites for hydroxylation is 1. The molecule has 116 valence electrons. The first-order chi connectivity index (χ1) is 10.2. The summed E-state index contributed by atoms with van der Waals surface area (Å²) in [4.78, 5) is 2.37. The molecular formula is C19H30N2. The minimum atomic E-state index is 0.420. The maximum Gasteiger partial charge on any atom is 0.0335 e. The maximum absolute atomic E-state index is 3.84. The highest BCUT2D eigenvalue weighted by Crippen LogP contribution is 2.21. The number of hydrogen-bond donors (Lipinski definition) is 1. The Morgan fingerprint density at radius 1 is 1.19 bits per heavy atom. The van der Waals surface area contributed by atoms with Crippen molar-refractivity contribution in [3.8, 4) is 0 Å². The number of rotatable bonds is 11. The van der Waals surface area contributed by atoms with Gasteiger partial charge in [0.05, 0.1) is 0 Å². The molecule has 1 atom stereocenters. The van der Waals surface area contributed by atoms with Gasteiger partial charge in [0.25, 0.3) is 0 Å². The Balaban J connectivity index is 2.71. The highest BCUT2D eigenvalue weighted by molar-refractivity contribution is 5.28. The van der Waals surface area contributed by atoms with Crippen molar-refractivity contribution >= 4 is 0 Å². The number of nitrogens with one attached hydrogen (secondary N) is 1. The van der Waals surface area contributed by atoms with Crippen LogP contribution in [0.4, 0.5) is 0 Å². The lowest BCUT2D eigenvalue weighted by molar-refractivity contribution is 0.307. The van der Waals surface area contributed by atoms with E-state index in [9.17, 15) is 0 Å². The van der Waals surface area contributed by atoms with Gasteiger partial charge in [0.2, 0.25) is 0 Å². The molecule has 2 nitrogen and oxygen atoms in total. The fraction of sp³-hybridized carbons (Fsp3) is 0.474. The molecule has 0 saturated heterocycles. The molecular weight excluding hydrogens is 256 g/mol. The lowest BCUT2D eigenvalue weighted by Crippen LogP contribution is -2.30. The summed E-state index contributed by atoms with van der Waals surface area (Å²) in [5.41, 5.74) is 2.79. The number of benzene rings is 1. The Morgan fingerprint density at radius 2 is 1.86 bits per heavy atom. The minimum absolute atomic E-state index is 0.420. The first-order valence-corrected chi connectivity index (χ1v) is 7.96. The second-order valence-electron chi connectivity index (χ2n) is 5.49. The molecule has 0 radical (unpaired) electrons. The summed E-state index contributed by atoms with van der Waals surface area (Å²) in [6.07, 6.45) is 6.19. The molecule has 2 heteroatoms. The van der Waals surface area contributed by atoms with Gasteiger partial charge in [0.15, 0.2) is 0 Å². The van der Waals surface area contributed by atoms with Gasteiger partial charge in [-0.05, 0) is 37.4 Å². The maximum atomic E-state index is 3.84. The number of hydrogen-bond acceptors (Lipinski definition) is 2. The van der Waals surface area contributed by atoms with Crippen molar-refractivity contribution < 1.29 is 0 Å². The molecule has 1 aromatic rings. The molecule has 0 aliphatic heterocycles. The lowest BCUT2D eigenvalue weighted by Gasteiger charge is -2.25. The molecule has 1 unspecified atom stereocenters. The van der Waals surface area contributed by atoms with E-state index in [0.29, 0.717) is 6.04 Å². The van der Waals surface area contributed by atoms with E-state index in [0.717, 1.165) is 39.0 Å². The van der Waals surface area contributed by atoms with Gasteiger partial charge in [0.1, 0.15) is 0 Å². The topological polar surface area (TPSA) is 15.3 Å². The van der Waals surface area contributed by atoms with E-state index in [2.05, 4.69) is 61.5 Å². The monoisotopic (exact) mass is 286 g/mol. The van der Waals surface area contributed by atoms with Gasteiger partial charge < -0.3 is 5.32 Å². The summed E-state index contributed by atoms with van der Waals surface area (Å²) < 4.78 is 0. The van der Waals surface area contributed by atoms with E-state index in [-0.39, 0.29) is 0 Å². The van der Waals surface area contributed by atoms with Crippen molar-refractivity contribution in [2.24, 2.45) is 0 Å². The van der Waals surface area contributed by atoms with Gasteiger partial charge in [-0.15, -0.1) is 13.2 Å². The molecule has 0 fully saturated rings. The molecule has 0 spiro atoms. The van der Waals surface area contributed by atoms with Gasteiger partial charge in [0, 0.05) is 25.7 Å². The van der Waals surface area contributed by atoms with E-state index in [1.807, 2.05) is 12.2 Å². The highest BCUT2D eigenvalue weighted by atomic mass is 15.1. The summed E-state index contributed by atoms with van der Waals surface area (Å²) >= 11 is 0. The molecule has 0 amide bonds. The summed E-state index contributed by atoms with van der Waals surface area (Å²) in [6.45, 7) is 16.0. The van der Waals surface area contributed by atoms with Gasteiger partial charge in [-0.2, -0.15) is 0 Å². The summed E-state index contributed by atoms with van der Waals surface area (Å²) in [5, 5.41) is 3.69. The predicted octanol–water partition coefficient (Wildman–Crippen LogP) is 4.10. The average Bonchev–Trinajstić information content (AvgIpc) is 2.49. The fourth-order valence-electron chi connectivity index (χ4n) is 2.60. The molecule has 0 heterocycles. The Morgan fingerprint density at radius 3 is 2.43 bits per heavy atom. The third kappa shape index (κ3) is 6.28. The predicted molar refractivity (Wildman–Crippen MR) is 93.7 cm³/mol. The van der Waals surface area contributed by atoms with Crippen LogP contribution in [0.15, 0.2) is 49.6 Å². The Labute approximate surface area is 130 Å². The van der Waals surface area contributed by atoms with Crippen LogP contribution in [0.3, 0.4) is 0 Å². The number of nitrogens with zero attached hydrogens (tertiary/aromatic N) is 1. The van der Waals surface area contributed by atoms with Gasteiger partial charge >= 0.3 is 0 Å². The molecule has 0 bridgehead atoms. The molecule has 1 N–H and O–H groups in total. The van der Waals surface area contributed by atoms with E-state index in [1.165, 1.54) is 11.1 Å². The third-order valence-electron chi connectivity index (χ3n) is 3.71. The van der Waals surface area contributed by atoms with Crippen molar-refractivity contribution in [3.63, 3.8) is 0 Å². The van der Waals surface area contributed by atoms with Crippen LogP contribution in [0.5, 0.6) is 0 Å². The normalized spacial score (nSPS) is 12.3. The van der Waals surface area contributed by atoms with E-state index < -0.39 is 0 Å². The second kappa shape index (κ2) is 10.4. The van der Waals surface area contributed by atoms with Gasteiger partial charge in [-0.3, -0.25) is 4.90 Å². The van der Waals surface area contributed by atoms with Crippen LogP contribution in [-0.2, 0) is 0 Å². The standard InChI is InChI=1S/C19H30N2/c1-5-13-20-19(18-11-9-8-10-17(18)4)12-16-21(14-6-2)15-7-3/h6-11,19-20H,2-3,5,12-16H2,1,4H3. The van der Waals surface area contributed by atoms with E-state index in [1.54, 1.807) is 0 Å². The van der Waals surface area contributed by atoms with Crippen molar-refractivity contribution in [1.82, 2.24) is 10.2 Å². The van der Waals surface area contributed by atoms with Crippen molar-refractivity contribution in [2.45, 2.75) is 32.7 Å². The lowest BCUT2D eigenvalue weighted by atomic mass is 9.98.